The zero-order valence-corrected chi connectivity index (χ0v) is 23.6. The van der Waals surface area contributed by atoms with Gasteiger partial charge >= 0.3 is 6.01 Å². The fourth-order valence-electron chi connectivity index (χ4n) is 5.86. The molecule has 1 amide bonds. The van der Waals surface area contributed by atoms with Gasteiger partial charge in [-0.15, -0.1) is 0 Å². The van der Waals surface area contributed by atoms with E-state index in [1.807, 2.05) is 21.0 Å². The highest BCUT2D eigenvalue weighted by Crippen LogP contribution is 2.35. The number of rotatable bonds is 8. The number of benzene rings is 2. The van der Waals surface area contributed by atoms with Crippen molar-refractivity contribution in [3.63, 3.8) is 0 Å². The zero-order chi connectivity index (χ0) is 28.2. The fourth-order valence-corrected chi connectivity index (χ4v) is 5.86. The molecule has 9 heteroatoms. The van der Waals surface area contributed by atoms with Gasteiger partial charge in [0.15, 0.2) is 0 Å². The highest BCUT2D eigenvalue weighted by atomic mass is 16.5. The number of hydrogen-bond donors (Lipinski definition) is 0. The summed E-state index contributed by atoms with van der Waals surface area (Å²) in [5.41, 5.74) is 3.26. The Kier molecular flexibility index (Phi) is 8.17. The molecule has 3 heterocycles. The number of piperazine rings is 1. The number of carbonyl (C=O) groups is 1. The Labute approximate surface area is 236 Å². The van der Waals surface area contributed by atoms with Crippen molar-refractivity contribution in [2.24, 2.45) is 0 Å². The largest absolute Gasteiger partial charge is 0.459 e. The fraction of sp³-hybridized carbons (Fsp3) is 0.419. The minimum atomic E-state index is -0.234. The average molecular weight is 540 g/mol. The molecular formula is C31H37N7O2. The van der Waals surface area contributed by atoms with E-state index in [1.54, 1.807) is 4.90 Å². The number of nitrogens with zero attached hydrogens (tertiary/aromatic N) is 7. The number of hydrogen-bond acceptors (Lipinski definition) is 8. The van der Waals surface area contributed by atoms with E-state index in [0.29, 0.717) is 32.2 Å². The summed E-state index contributed by atoms with van der Waals surface area (Å²) < 4.78 is 6.25. The summed E-state index contributed by atoms with van der Waals surface area (Å²) in [6.07, 6.45) is 2.27. The second kappa shape index (κ2) is 11.9. The second-order valence-electron chi connectivity index (χ2n) is 10.8. The standard InChI is InChI=1S/C31H37N7O2/c1-5-29(39)38-18-17-37(20-24(38)13-15-32)30-26-14-16-36(28-12-8-10-23-9-6-7-11-25(23)28)21-27(26)33-31(34-30)40-22(2)19-35(3)4/h5-12,22,24H,1,13-14,16-21H2,2-4H3. The van der Waals surface area contributed by atoms with Crippen LogP contribution in [-0.4, -0.2) is 84.6 Å². The van der Waals surface area contributed by atoms with Gasteiger partial charge in [0.05, 0.1) is 30.8 Å². The number of carbonyl (C=O) groups excluding carboxylic acids is 1. The van der Waals surface area contributed by atoms with Gasteiger partial charge in [-0.05, 0) is 45.0 Å². The lowest BCUT2D eigenvalue weighted by Crippen LogP contribution is -2.55. The van der Waals surface area contributed by atoms with Gasteiger partial charge in [-0.3, -0.25) is 4.79 Å². The Morgan fingerprint density at radius 3 is 2.75 bits per heavy atom. The van der Waals surface area contributed by atoms with Crippen molar-refractivity contribution in [2.45, 2.75) is 38.5 Å². The van der Waals surface area contributed by atoms with E-state index >= 15 is 0 Å². The molecule has 0 spiro atoms. The topological polar surface area (TPSA) is 88.8 Å². The van der Waals surface area contributed by atoms with Crippen LogP contribution < -0.4 is 14.5 Å². The van der Waals surface area contributed by atoms with Crippen molar-refractivity contribution >= 4 is 28.2 Å². The average Bonchev–Trinajstić information content (AvgIpc) is 2.95. The van der Waals surface area contributed by atoms with Gasteiger partial charge in [0, 0.05) is 49.4 Å². The minimum absolute atomic E-state index is 0.0907. The van der Waals surface area contributed by atoms with Gasteiger partial charge in [-0.1, -0.05) is 43.0 Å². The van der Waals surface area contributed by atoms with Crippen LogP contribution >= 0.6 is 0 Å². The number of anilines is 2. The van der Waals surface area contributed by atoms with E-state index in [4.69, 9.17) is 14.7 Å². The van der Waals surface area contributed by atoms with Crippen LogP contribution in [0.4, 0.5) is 11.5 Å². The summed E-state index contributed by atoms with van der Waals surface area (Å²) in [5, 5.41) is 11.9. The molecule has 9 nitrogen and oxygen atoms in total. The predicted octanol–water partition coefficient (Wildman–Crippen LogP) is 3.64. The zero-order valence-electron chi connectivity index (χ0n) is 23.6. The lowest BCUT2D eigenvalue weighted by atomic mass is 10.0. The first-order valence-corrected chi connectivity index (χ1v) is 13.9. The lowest BCUT2D eigenvalue weighted by molar-refractivity contribution is -0.128. The molecule has 1 saturated heterocycles. The first kappa shape index (κ1) is 27.4. The van der Waals surface area contributed by atoms with E-state index in [1.165, 1.54) is 22.5 Å². The molecule has 5 rings (SSSR count). The number of ether oxygens (including phenoxy) is 1. The number of amides is 1. The van der Waals surface area contributed by atoms with Crippen molar-refractivity contribution < 1.29 is 9.53 Å². The van der Waals surface area contributed by atoms with Crippen LogP contribution in [0.1, 0.15) is 24.6 Å². The molecule has 2 aliphatic rings. The highest BCUT2D eigenvalue weighted by Gasteiger charge is 2.33. The van der Waals surface area contributed by atoms with Gasteiger partial charge in [-0.2, -0.15) is 15.2 Å². The first-order chi connectivity index (χ1) is 19.4. The maximum Gasteiger partial charge on any atom is 0.318 e. The molecule has 0 bridgehead atoms. The van der Waals surface area contributed by atoms with Crippen LogP contribution in [0.5, 0.6) is 6.01 Å². The molecule has 3 aromatic rings. The van der Waals surface area contributed by atoms with Crippen LogP contribution in [0, 0.1) is 11.3 Å². The molecule has 40 heavy (non-hydrogen) atoms. The van der Waals surface area contributed by atoms with Gasteiger partial charge in [0.1, 0.15) is 11.9 Å². The van der Waals surface area contributed by atoms with Crippen LogP contribution in [0.3, 0.4) is 0 Å². The molecule has 0 N–H and O–H groups in total. The van der Waals surface area contributed by atoms with Crippen LogP contribution in [-0.2, 0) is 17.8 Å². The molecule has 1 aromatic heterocycles. The Bertz CT molecular complexity index is 1430. The maximum absolute atomic E-state index is 12.5. The number of nitriles is 1. The quantitative estimate of drug-likeness (QED) is 0.401. The van der Waals surface area contributed by atoms with E-state index in [0.717, 1.165) is 36.6 Å². The minimum Gasteiger partial charge on any atom is -0.459 e. The number of likely N-dealkylation sites (N-methyl/N-ethyl adjacent to an activating group) is 1. The number of fused-ring (bicyclic) bond motifs is 2. The lowest BCUT2D eigenvalue weighted by Gasteiger charge is -2.42. The third kappa shape index (κ3) is 5.73. The van der Waals surface area contributed by atoms with E-state index < -0.39 is 0 Å². The predicted molar refractivity (Wildman–Crippen MR) is 158 cm³/mol. The summed E-state index contributed by atoms with van der Waals surface area (Å²) in [5.74, 6) is 0.708. The van der Waals surface area contributed by atoms with Crippen molar-refractivity contribution in [1.82, 2.24) is 19.8 Å². The van der Waals surface area contributed by atoms with Crippen LogP contribution in [0.25, 0.3) is 10.8 Å². The van der Waals surface area contributed by atoms with Crippen molar-refractivity contribution in [2.75, 3.05) is 56.6 Å². The monoisotopic (exact) mass is 539 g/mol. The molecule has 2 atom stereocenters. The van der Waals surface area contributed by atoms with Crippen molar-refractivity contribution in [3.8, 4) is 12.1 Å². The Morgan fingerprint density at radius 2 is 1.98 bits per heavy atom. The molecule has 1 fully saturated rings. The summed E-state index contributed by atoms with van der Waals surface area (Å²) in [6, 6.07) is 17.3. The Balaban J connectivity index is 1.50. The summed E-state index contributed by atoms with van der Waals surface area (Å²) >= 11 is 0. The first-order valence-electron chi connectivity index (χ1n) is 13.9. The van der Waals surface area contributed by atoms with Gasteiger partial charge in [0.2, 0.25) is 5.91 Å². The molecular weight excluding hydrogens is 502 g/mol. The number of aromatic nitrogens is 2. The third-order valence-electron chi connectivity index (χ3n) is 7.63. The molecule has 0 aliphatic carbocycles. The van der Waals surface area contributed by atoms with Gasteiger partial charge < -0.3 is 24.3 Å². The van der Waals surface area contributed by atoms with Crippen molar-refractivity contribution in [1.29, 1.82) is 5.26 Å². The normalized spacial score (nSPS) is 17.9. The van der Waals surface area contributed by atoms with E-state index in [9.17, 15) is 10.1 Å². The van der Waals surface area contributed by atoms with E-state index in [2.05, 4.69) is 69.8 Å². The molecule has 2 unspecified atom stereocenters. The smallest absolute Gasteiger partial charge is 0.318 e. The molecule has 0 saturated carbocycles. The van der Waals surface area contributed by atoms with Crippen molar-refractivity contribution in [3.05, 3.63) is 66.4 Å². The van der Waals surface area contributed by atoms with Crippen LogP contribution in [0.15, 0.2) is 55.1 Å². The third-order valence-corrected chi connectivity index (χ3v) is 7.63. The second-order valence-corrected chi connectivity index (χ2v) is 10.8. The molecule has 208 valence electrons. The summed E-state index contributed by atoms with van der Waals surface area (Å²) in [7, 11) is 4.03. The Morgan fingerprint density at radius 1 is 1.18 bits per heavy atom. The maximum atomic E-state index is 12.5. The highest BCUT2D eigenvalue weighted by molar-refractivity contribution is 5.94. The molecule has 2 aromatic carbocycles. The SMILES string of the molecule is C=CC(=O)N1CCN(c2nc(OC(C)CN(C)C)nc3c2CCN(c2cccc4ccccc24)C3)CC1CC#N. The van der Waals surface area contributed by atoms with Gasteiger partial charge in [0.25, 0.3) is 0 Å². The molecule has 0 radical (unpaired) electrons. The summed E-state index contributed by atoms with van der Waals surface area (Å²) in [4.78, 5) is 30.8. The molecule has 2 aliphatic heterocycles. The van der Waals surface area contributed by atoms with E-state index in [-0.39, 0.29) is 24.5 Å². The Hall–Kier alpha value is -4.16. The summed E-state index contributed by atoms with van der Waals surface area (Å²) in [6.45, 7) is 9.53. The van der Waals surface area contributed by atoms with Crippen LogP contribution in [0.2, 0.25) is 0 Å². The van der Waals surface area contributed by atoms with Gasteiger partial charge in [-0.25, -0.2) is 0 Å².